The molecule has 1 aliphatic rings. The maximum Gasteiger partial charge on any atom is 0.270 e. The van der Waals surface area contributed by atoms with Crippen molar-refractivity contribution in [2.75, 3.05) is 4.90 Å². The van der Waals surface area contributed by atoms with Crippen LogP contribution in [0.4, 0.5) is 5.69 Å². The van der Waals surface area contributed by atoms with Crippen LogP contribution in [0.5, 0.6) is 0 Å². The highest BCUT2D eigenvalue weighted by Gasteiger charge is 2.33. The zero-order valence-corrected chi connectivity index (χ0v) is 18.9. The van der Waals surface area contributed by atoms with E-state index in [1.165, 1.54) is 16.7 Å². The third-order valence-corrected chi connectivity index (χ3v) is 6.65. The fourth-order valence-electron chi connectivity index (χ4n) is 2.71. The van der Waals surface area contributed by atoms with Gasteiger partial charge < -0.3 is 4.42 Å². The van der Waals surface area contributed by atoms with E-state index in [1.54, 1.807) is 54.6 Å². The van der Waals surface area contributed by atoms with Crippen molar-refractivity contribution in [1.29, 1.82) is 0 Å². The lowest BCUT2D eigenvalue weighted by Gasteiger charge is -2.15. The molecule has 0 radical (unpaired) electrons. The number of carbonyl (C=O) groups is 1. The zero-order chi connectivity index (χ0) is 20.7. The predicted octanol–water partition coefficient (Wildman–Crippen LogP) is 7.97. The monoisotopic (exact) mass is 499 g/mol. The van der Waals surface area contributed by atoms with Crippen LogP contribution in [-0.4, -0.2) is 10.2 Å². The number of thiocarbonyl (C=S) groups is 1. The predicted molar refractivity (Wildman–Crippen MR) is 126 cm³/mol. The molecular weight excluding hydrogens is 492 g/mol. The van der Waals surface area contributed by atoms with Gasteiger partial charge in [0, 0.05) is 16.7 Å². The van der Waals surface area contributed by atoms with Crippen molar-refractivity contribution in [3.05, 3.63) is 79.3 Å². The molecule has 0 spiro atoms. The van der Waals surface area contributed by atoms with Crippen LogP contribution in [0.3, 0.4) is 0 Å². The molecule has 0 N–H and O–H groups in total. The second-order valence-corrected chi connectivity index (χ2v) is 9.28. The van der Waals surface area contributed by atoms with Crippen molar-refractivity contribution in [3.8, 4) is 11.3 Å². The fraction of sp³-hybridized carbons (Fsp3) is 0. The molecule has 2 aromatic carbocycles. The van der Waals surface area contributed by atoms with E-state index in [1.807, 2.05) is 0 Å². The fourth-order valence-corrected chi connectivity index (χ4v) is 4.66. The smallest absolute Gasteiger partial charge is 0.270 e. The third kappa shape index (κ3) is 4.22. The first-order valence-electron chi connectivity index (χ1n) is 8.12. The maximum atomic E-state index is 12.9. The van der Waals surface area contributed by atoms with Gasteiger partial charge in [0.15, 0.2) is 4.32 Å². The van der Waals surface area contributed by atoms with Crippen molar-refractivity contribution < 1.29 is 9.21 Å². The van der Waals surface area contributed by atoms with Gasteiger partial charge in [0.05, 0.1) is 25.7 Å². The van der Waals surface area contributed by atoms with Gasteiger partial charge >= 0.3 is 0 Å². The van der Waals surface area contributed by atoms with Gasteiger partial charge in [0.1, 0.15) is 11.5 Å². The molecular formula is C20H9Cl4NO2S2. The number of anilines is 1. The number of amides is 1. The average molecular weight is 501 g/mol. The van der Waals surface area contributed by atoms with Gasteiger partial charge in [-0.2, -0.15) is 0 Å². The molecule has 0 bridgehead atoms. The molecule has 3 aromatic rings. The Hall–Kier alpha value is -1.47. The summed E-state index contributed by atoms with van der Waals surface area (Å²) in [5.41, 5.74) is 1.22. The number of halogens is 4. The molecule has 1 fully saturated rings. The Kier molecular flexibility index (Phi) is 5.98. The number of rotatable bonds is 3. The molecule has 146 valence electrons. The van der Waals surface area contributed by atoms with Crippen molar-refractivity contribution >= 4 is 92.4 Å². The summed E-state index contributed by atoms with van der Waals surface area (Å²) in [4.78, 5) is 14.7. The van der Waals surface area contributed by atoms with E-state index >= 15 is 0 Å². The molecule has 1 amide bonds. The standard InChI is InChI=1S/C20H9Cl4NO2S2/c21-10-1-4-14(22)13(7-10)17-6-3-12(27-17)9-18-19(26)25(20(28)29-18)11-2-5-15(23)16(24)8-11/h1-9H/b18-9-. The number of hydrogen-bond donors (Lipinski definition) is 0. The van der Waals surface area contributed by atoms with Gasteiger partial charge in [-0.15, -0.1) is 0 Å². The maximum absolute atomic E-state index is 12.9. The van der Waals surface area contributed by atoms with E-state index in [0.29, 0.717) is 52.1 Å². The van der Waals surface area contributed by atoms with Gasteiger partial charge in [-0.25, -0.2) is 0 Å². The topological polar surface area (TPSA) is 33.5 Å². The molecule has 1 aromatic heterocycles. The molecule has 0 saturated carbocycles. The van der Waals surface area contributed by atoms with Crippen LogP contribution >= 0.6 is 70.4 Å². The van der Waals surface area contributed by atoms with E-state index < -0.39 is 0 Å². The summed E-state index contributed by atoms with van der Waals surface area (Å²) in [7, 11) is 0. The molecule has 4 rings (SSSR count). The van der Waals surface area contributed by atoms with Gasteiger partial charge in [-0.05, 0) is 48.5 Å². The van der Waals surface area contributed by atoms with Crippen molar-refractivity contribution in [3.63, 3.8) is 0 Å². The van der Waals surface area contributed by atoms with E-state index in [-0.39, 0.29) is 5.91 Å². The number of furan rings is 1. The van der Waals surface area contributed by atoms with Crippen molar-refractivity contribution in [2.24, 2.45) is 0 Å². The van der Waals surface area contributed by atoms with Crippen LogP contribution in [0.25, 0.3) is 17.4 Å². The van der Waals surface area contributed by atoms with Crippen LogP contribution in [0.1, 0.15) is 5.76 Å². The number of nitrogens with zero attached hydrogens (tertiary/aromatic N) is 1. The van der Waals surface area contributed by atoms with Gasteiger partial charge in [-0.1, -0.05) is 70.4 Å². The summed E-state index contributed by atoms with van der Waals surface area (Å²) in [6.45, 7) is 0. The quantitative estimate of drug-likeness (QED) is 0.269. The minimum absolute atomic E-state index is 0.267. The third-order valence-electron chi connectivity index (χ3n) is 4.05. The van der Waals surface area contributed by atoms with Crippen LogP contribution in [0.2, 0.25) is 20.1 Å². The number of thioether (sulfide) groups is 1. The molecule has 9 heteroatoms. The molecule has 0 aliphatic carbocycles. The Morgan fingerprint density at radius 1 is 0.931 bits per heavy atom. The first-order valence-corrected chi connectivity index (χ1v) is 10.9. The summed E-state index contributed by atoms with van der Waals surface area (Å²) in [6, 6.07) is 13.5. The second-order valence-electron chi connectivity index (χ2n) is 5.94. The second kappa shape index (κ2) is 8.34. The average Bonchev–Trinajstić information content (AvgIpc) is 3.24. The van der Waals surface area contributed by atoms with E-state index in [2.05, 4.69) is 0 Å². The molecule has 1 aliphatic heterocycles. The SMILES string of the molecule is O=C1/C(=C/c2ccc(-c3cc(Cl)ccc3Cl)o2)SC(=S)N1c1ccc(Cl)c(Cl)c1. The summed E-state index contributed by atoms with van der Waals surface area (Å²) in [6.07, 6.45) is 1.64. The Bertz CT molecular complexity index is 1190. The highest BCUT2D eigenvalue weighted by Crippen LogP contribution is 2.39. The summed E-state index contributed by atoms with van der Waals surface area (Å²) < 4.78 is 6.23. The van der Waals surface area contributed by atoms with Crippen LogP contribution < -0.4 is 4.90 Å². The Balaban J connectivity index is 1.63. The Morgan fingerprint density at radius 3 is 2.45 bits per heavy atom. The highest BCUT2D eigenvalue weighted by molar-refractivity contribution is 8.27. The lowest BCUT2D eigenvalue weighted by molar-refractivity contribution is -0.113. The molecule has 0 unspecified atom stereocenters. The summed E-state index contributed by atoms with van der Waals surface area (Å²) >= 11 is 30.8. The number of hydrogen-bond acceptors (Lipinski definition) is 4. The zero-order valence-electron chi connectivity index (χ0n) is 14.3. The lowest BCUT2D eigenvalue weighted by atomic mass is 10.2. The largest absolute Gasteiger partial charge is 0.457 e. The van der Waals surface area contributed by atoms with E-state index in [9.17, 15) is 4.79 Å². The summed E-state index contributed by atoms with van der Waals surface area (Å²) in [5, 5.41) is 1.81. The highest BCUT2D eigenvalue weighted by atomic mass is 35.5. The Morgan fingerprint density at radius 2 is 1.69 bits per heavy atom. The van der Waals surface area contributed by atoms with Crippen LogP contribution in [0, 0.1) is 0 Å². The van der Waals surface area contributed by atoms with Crippen LogP contribution in [0.15, 0.2) is 57.9 Å². The minimum atomic E-state index is -0.267. The van der Waals surface area contributed by atoms with Crippen molar-refractivity contribution in [1.82, 2.24) is 0 Å². The van der Waals surface area contributed by atoms with E-state index in [4.69, 9.17) is 63.0 Å². The van der Waals surface area contributed by atoms with Crippen molar-refractivity contribution in [2.45, 2.75) is 0 Å². The first kappa shape index (κ1) is 20.8. The lowest BCUT2D eigenvalue weighted by Crippen LogP contribution is -2.27. The van der Waals surface area contributed by atoms with Gasteiger partial charge in [0.25, 0.3) is 5.91 Å². The first-order chi connectivity index (χ1) is 13.8. The molecule has 0 atom stereocenters. The molecule has 3 nitrogen and oxygen atoms in total. The molecule has 29 heavy (non-hydrogen) atoms. The summed E-state index contributed by atoms with van der Waals surface area (Å²) in [5.74, 6) is 0.770. The molecule has 1 saturated heterocycles. The van der Waals surface area contributed by atoms with Gasteiger partial charge in [-0.3, -0.25) is 9.69 Å². The van der Waals surface area contributed by atoms with Gasteiger partial charge in [0.2, 0.25) is 0 Å². The minimum Gasteiger partial charge on any atom is -0.457 e. The number of benzene rings is 2. The van der Waals surface area contributed by atoms with Crippen LogP contribution in [-0.2, 0) is 4.79 Å². The molecule has 2 heterocycles. The normalized spacial score (nSPS) is 15.6. The van der Waals surface area contributed by atoms with E-state index in [0.717, 1.165) is 0 Å². The number of carbonyl (C=O) groups excluding carboxylic acids is 1. The Labute approximate surface area is 196 Å².